The van der Waals surface area contributed by atoms with Gasteiger partial charge in [0.1, 0.15) is 11.9 Å². The Balaban J connectivity index is 2.01. The molecule has 1 N–H and O–H groups in total. The van der Waals surface area contributed by atoms with Gasteiger partial charge in [-0.05, 0) is 43.0 Å². The molecule has 0 aliphatic heterocycles. The fraction of sp³-hybridized carbons (Fsp3) is 0.520. The molecular weight excluding hydrogens is 346 g/mol. The lowest BCUT2D eigenvalue weighted by molar-refractivity contribution is 0.0854. The molecule has 2 aromatic carbocycles. The van der Waals surface area contributed by atoms with Crippen LogP contribution in [0.15, 0.2) is 54.6 Å². The molecule has 0 aliphatic rings. The third-order valence-corrected chi connectivity index (χ3v) is 5.07. The second-order valence-electron chi connectivity index (χ2n) is 8.91. The summed E-state index contributed by atoms with van der Waals surface area (Å²) in [6, 6.07) is 19.1. The Bertz CT molecular complexity index is 682. The summed E-state index contributed by atoms with van der Waals surface area (Å²) in [6.45, 7) is 15.3. The minimum Gasteiger partial charge on any atom is -0.489 e. The van der Waals surface area contributed by atoms with Crippen LogP contribution in [-0.2, 0) is 5.41 Å². The van der Waals surface area contributed by atoms with Gasteiger partial charge < -0.3 is 9.84 Å². The molecule has 0 spiro atoms. The van der Waals surface area contributed by atoms with Crippen molar-refractivity contribution in [1.82, 2.24) is 4.90 Å². The van der Waals surface area contributed by atoms with Gasteiger partial charge in [-0.3, -0.25) is 4.90 Å². The fourth-order valence-corrected chi connectivity index (χ4v) is 3.72. The first kappa shape index (κ1) is 22.4. The van der Waals surface area contributed by atoms with Crippen molar-refractivity contribution in [2.45, 2.75) is 59.2 Å². The Morgan fingerprint density at radius 3 is 1.93 bits per heavy atom. The van der Waals surface area contributed by atoms with Gasteiger partial charge in [0, 0.05) is 25.0 Å². The van der Waals surface area contributed by atoms with Crippen molar-refractivity contribution in [3.63, 3.8) is 0 Å². The molecule has 0 saturated carbocycles. The summed E-state index contributed by atoms with van der Waals surface area (Å²) in [7, 11) is 0. The molecule has 28 heavy (non-hydrogen) atoms. The van der Waals surface area contributed by atoms with E-state index in [1.54, 1.807) is 0 Å². The van der Waals surface area contributed by atoms with Crippen molar-refractivity contribution < 1.29 is 9.84 Å². The molecule has 2 atom stereocenters. The molecule has 0 saturated heterocycles. The zero-order valence-corrected chi connectivity index (χ0v) is 18.4. The molecule has 0 bridgehead atoms. The van der Waals surface area contributed by atoms with Gasteiger partial charge in [0.05, 0.1) is 6.10 Å². The van der Waals surface area contributed by atoms with E-state index >= 15 is 0 Å². The van der Waals surface area contributed by atoms with Crippen molar-refractivity contribution in [2.24, 2.45) is 5.92 Å². The first-order chi connectivity index (χ1) is 13.2. The third kappa shape index (κ3) is 6.65. The van der Waals surface area contributed by atoms with E-state index in [9.17, 15) is 5.11 Å². The highest BCUT2D eigenvalue weighted by molar-refractivity contribution is 5.39. The van der Waals surface area contributed by atoms with Crippen molar-refractivity contribution in [1.29, 1.82) is 0 Å². The summed E-state index contributed by atoms with van der Waals surface area (Å²) in [5.74, 6) is 1.45. The van der Waals surface area contributed by atoms with E-state index in [2.05, 4.69) is 94.1 Å². The quantitative estimate of drug-likeness (QED) is 0.618. The van der Waals surface area contributed by atoms with Crippen molar-refractivity contribution in [3.05, 3.63) is 65.7 Å². The van der Waals surface area contributed by atoms with Gasteiger partial charge in [-0.1, -0.05) is 70.2 Å². The normalized spacial score (nSPS) is 14.3. The molecule has 0 heterocycles. The lowest BCUT2D eigenvalue weighted by Crippen LogP contribution is -2.40. The van der Waals surface area contributed by atoms with Gasteiger partial charge in [0.2, 0.25) is 0 Å². The monoisotopic (exact) mass is 383 g/mol. The zero-order valence-electron chi connectivity index (χ0n) is 18.4. The number of aliphatic hydroxyl groups is 1. The SMILES string of the molecule is CC(C)CN(CC(C)O)CC(C)Oc1ccc(C(C)(C)c2ccccc2)cc1. The molecule has 2 rings (SSSR count). The van der Waals surface area contributed by atoms with Crippen LogP contribution in [0.4, 0.5) is 0 Å². The number of rotatable bonds is 10. The van der Waals surface area contributed by atoms with E-state index in [1.165, 1.54) is 11.1 Å². The Morgan fingerprint density at radius 1 is 0.821 bits per heavy atom. The Kier molecular flexibility index (Phi) is 8.09. The lowest BCUT2D eigenvalue weighted by Gasteiger charge is -2.29. The van der Waals surface area contributed by atoms with Crippen LogP contribution in [0, 0.1) is 5.92 Å². The number of hydrogen-bond donors (Lipinski definition) is 1. The molecule has 0 aromatic heterocycles. The van der Waals surface area contributed by atoms with Crippen molar-refractivity contribution >= 4 is 0 Å². The third-order valence-electron chi connectivity index (χ3n) is 5.07. The molecule has 2 aromatic rings. The molecule has 3 nitrogen and oxygen atoms in total. The van der Waals surface area contributed by atoms with Gasteiger partial charge >= 0.3 is 0 Å². The Morgan fingerprint density at radius 2 is 1.39 bits per heavy atom. The number of hydrogen-bond acceptors (Lipinski definition) is 3. The molecule has 154 valence electrons. The summed E-state index contributed by atoms with van der Waals surface area (Å²) in [6.07, 6.45) is -0.268. The molecule has 0 radical (unpaired) electrons. The predicted octanol–water partition coefficient (Wildman–Crippen LogP) is 5.12. The molecule has 0 fully saturated rings. The molecule has 2 unspecified atom stereocenters. The summed E-state index contributed by atoms with van der Waals surface area (Å²) in [4.78, 5) is 2.28. The van der Waals surface area contributed by atoms with Crippen LogP contribution in [-0.4, -0.2) is 41.8 Å². The summed E-state index contributed by atoms with van der Waals surface area (Å²) >= 11 is 0. The Hall–Kier alpha value is -1.84. The van der Waals surface area contributed by atoms with Gasteiger partial charge in [0.25, 0.3) is 0 Å². The molecule has 0 amide bonds. The zero-order chi connectivity index (χ0) is 20.7. The smallest absolute Gasteiger partial charge is 0.119 e. The van der Waals surface area contributed by atoms with E-state index < -0.39 is 0 Å². The van der Waals surface area contributed by atoms with Gasteiger partial charge in [-0.15, -0.1) is 0 Å². The minimum atomic E-state index is -0.328. The lowest BCUT2D eigenvalue weighted by atomic mass is 9.78. The van der Waals surface area contributed by atoms with Gasteiger partial charge in [0.15, 0.2) is 0 Å². The maximum atomic E-state index is 9.76. The maximum Gasteiger partial charge on any atom is 0.119 e. The van der Waals surface area contributed by atoms with Crippen LogP contribution >= 0.6 is 0 Å². The largest absolute Gasteiger partial charge is 0.489 e. The highest BCUT2D eigenvalue weighted by atomic mass is 16.5. The molecular formula is C25H37NO2. The van der Waals surface area contributed by atoms with Crippen LogP contribution in [0.1, 0.15) is 52.7 Å². The number of ether oxygens (including phenoxy) is 1. The van der Waals surface area contributed by atoms with Gasteiger partial charge in [-0.2, -0.15) is 0 Å². The Labute approximate surface area is 171 Å². The van der Waals surface area contributed by atoms with Crippen LogP contribution in [0.25, 0.3) is 0 Å². The first-order valence-corrected chi connectivity index (χ1v) is 10.4. The second-order valence-corrected chi connectivity index (χ2v) is 8.91. The average Bonchev–Trinajstić information content (AvgIpc) is 2.61. The minimum absolute atomic E-state index is 0.0449. The van der Waals surface area contributed by atoms with Crippen LogP contribution < -0.4 is 4.74 Å². The van der Waals surface area contributed by atoms with E-state index in [-0.39, 0.29) is 17.6 Å². The van der Waals surface area contributed by atoms with E-state index in [4.69, 9.17) is 4.74 Å². The maximum absolute atomic E-state index is 9.76. The standard InChI is InChI=1S/C25H37NO2/c1-19(2)16-26(17-20(3)27)18-21(4)28-24-14-12-23(13-15-24)25(5,6)22-10-8-7-9-11-22/h7-15,19-21,27H,16-18H2,1-6H3. The number of aliphatic hydroxyl groups excluding tert-OH is 1. The summed E-state index contributed by atoms with van der Waals surface area (Å²) in [5, 5.41) is 9.76. The highest BCUT2D eigenvalue weighted by Gasteiger charge is 2.23. The van der Waals surface area contributed by atoms with E-state index in [1.807, 2.05) is 6.92 Å². The summed E-state index contributed by atoms with van der Waals surface area (Å²) < 4.78 is 6.16. The van der Waals surface area contributed by atoms with Gasteiger partial charge in [-0.25, -0.2) is 0 Å². The second kappa shape index (κ2) is 10.1. The van der Waals surface area contributed by atoms with Crippen molar-refractivity contribution in [2.75, 3.05) is 19.6 Å². The summed E-state index contributed by atoms with van der Waals surface area (Å²) in [5.41, 5.74) is 2.53. The highest BCUT2D eigenvalue weighted by Crippen LogP contribution is 2.32. The first-order valence-electron chi connectivity index (χ1n) is 10.4. The number of nitrogens with zero attached hydrogens (tertiary/aromatic N) is 1. The average molecular weight is 384 g/mol. The number of benzene rings is 2. The van der Waals surface area contributed by atoms with Crippen LogP contribution in [0.2, 0.25) is 0 Å². The van der Waals surface area contributed by atoms with Crippen LogP contribution in [0.3, 0.4) is 0 Å². The molecule has 3 heteroatoms. The topological polar surface area (TPSA) is 32.7 Å². The van der Waals surface area contributed by atoms with Crippen LogP contribution in [0.5, 0.6) is 5.75 Å². The van der Waals surface area contributed by atoms with E-state index in [0.29, 0.717) is 12.5 Å². The molecule has 0 aliphatic carbocycles. The fourth-order valence-electron chi connectivity index (χ4n) is 3.72. The van der Waals surface area contributed by atoms with Crippen molar-refractivity contribution in [3.8, 4) is 5.75 Å². The van der Waals surface area contributed by atoms with E-state index in [0.717, 1.165) is 18.8 Å². The predicted molar refractivity (Wildman–Crippen MR) is 118 cm³/mol.